The number of nitrogens with zero attached hydrogens (tertiary/aromatic N) is 2. The van der Waals surface area contributed by atoms with Crippen LogP contribution < -0.4 is 5.32 Å². The second-order valence-corrected chi connectivity index (χ2v) is 9.52. The molecule has 0 saturated carbocycles. The van der Waals surface area contributed by atoms with E-state index in [1.165, 1.54) is 16.0 Å². The molecule has 0 saturated heterocycles. The van der Waals surface area contributed by atoms with E-state index < -0.39 is 0 Å². The second-order valence-electron chi connectivity index (χ2n) is 7.39. The summed E-state index contributed by atoms with van der Waals surface area (Å²) in [5, 5.41) is 4.94. The van der Waals surface area contributed by atoms with Crippen molar-refractivity contribution in [2.75, 3.05) is 12.4 Å². The number of thiophene rings is 1. The molecule has 4 nitrogen and oxygen atoms in total. The molecule has 1 N–H and O–H groups in total. The van der Waals surface area contributed by atoms with Crippen LogP contribution in [0.2, 0.25) is 0 Å². The van der Waals surface area contributed by atoms with E-state index in [-0.39, 0.29) is 5.91 Å². The largest absolute Gasteiger partial charge is 0.317 e. The summed E-state index contributed by atoms with van der Waals surface area (Å²) in [7, 11) is 2.14. The average molecular weight is 436 g/mol. The van der Waals surface area contributed by atoms with Gasteiger partial charge in [-0.25, -0.2) is 4.98 Å². The van der Waals surface area contributed by atoms with Gasteiger partial charge in [-0.05, 0) is 36.7 Å². The number of benzene rings is 2. The van der Waals surface area contributed by atoms with Crippen molar-refractivity contribution in [2.45, 2.75) is 33.4 Å². The number of thiazole rings is 1. The molecule has 4 rings (SSSR count). The molecule has 0 radical (unpaired) electrons. The van der Waals surface area contributed by atoms with Gasteiger partial charge in [0.05, 0.1) is 10.2 Å². The Balaban J connectivity index is 1.71. The summed E-state index contributed by atoms with van der Waals surface area (Å²) in [5.74, 6) is -0.0505. The summed E-state index contributed by atoms with van der Waals surface area (Å²) in [6.07, 6.45) is 0.899. The highest BCUT2D eigenvalue weighted by atomic mass is 32.1. The third-order valence-electron chi connectivity index (χ3n) is 4.95. The SMILES string of the molecule is CCc1c(CN(C)Cc2ccccc2)sc(NC(C)=O)c1-c1nc2ccccc2s1. The molecule has 0 aliphatic rings. The zero-order valence-corrected chi connectivity index (χ0v) is 19.1. The van der Waals surface area contributed by atoms with Crippen molar-refractivity contribution in [3.05, 3.63) is 70.6 Å². The minimum atomic E-state index is -0.0505. The maximum atomic E-state index is 11.9. The molecule has 154 valence electrons. The van der Waals surface area contributed by atoms with Crippen LogP contribution in [0.5, 0.6) is 0 Å². The summed E-state index contributed by atoms with van der Waals surface area (Å²) in [6.45, 7) is 5.46. The first-order chi connectivity index (χ1) is 14.5. The Morgan fingerprint density at radius 1 is 1.03 bits per heavy atom. The van der Waals surface area contributed by atoms with Gasteiger partial charge >= 0.3 is 0 Å². The number of hydrogen-bond donors (Lipinski definition) is 1. The fraction of sp³-hybridized carbons (Fsp3) is 0.250. The van der Waals surface area contributed by atoms with Crippen LogP contribution in [-0.4, -0.2) is 22.8 Å². The predicted octanol–water partition coefficient (Wildman–Crippen LogP) is 6.18. The van der Waals surface area contributed by atoms with Gasteiger partial charge in [-0.1, -0.05) is 49.4 Å². The summed E-state index contributed by atoms with van der Waals surface area (Å²) in [6, 6.07) is 18.7. The van der Waals surface area contributed by atoms with Crippen molar-refractivity contribution in [1.29, 1.82) is 0 Å². The Kier molecular flexibility index (Phi) is 6.27. The molecule has 2 heterocycles. The number of fused-ring (bicyclic) bond motifs is 1. The van der Waals surface area contributed by atoms with Gasteiger partial charge in [0.2, 0.25) is 5.91 Å². The summed E-state index contributed by atoms with van der Waals surface area (Å²) in [4.78, 5) is 20.4. The van der Waals surface area contributed by atoms with Gasteiger partial charge in [0.15, 0.2) is 0 Å². The minimum absolute atomic E-state index is 0.0505. The molecule has 0 aliphatic heterocycles. The number of carbonyl (C=O) groups is 1. The number of para-hydroxylation sites is 1. The van der Waals surface area contributed by atoms with Gasteiger partial charge in [0.1, 0.15) is 10.0 Å². The van der Waals surface area contributed by atoms with E-state index in [0.29, 0.717) is 0 Å². The van der Waals surface area contributed by atoms with Crippen molar-refractivity contribution < 1.29 is 4.79 Å². The summed E-state index contributed by atoms with van der Waals surface area (Å²) in [5.41, 5.74) is 4.66. The van der Waals surface area contributed by atoms with E-state index >= 15 is 0 Å². The van der Waals surface area contributed by atoms with Crippen LogP contribution in [-0.2, 0) is 24.3 Å². The normalized spacial score (nSPS) is 11.3. The van der Waals surface area contributed by atoms with Crippen LogP contribution >= 0.6 is 22.7 Å². The Hall–Kier alpha value is -2.54. The Labute approximate surface area is 185 Å². The first-order valence-electron chi connectivity index (χ1n) is 10.1. The molecule has 0 aliphatic carbocycles. The average Bonchev–Trinajstić information content (AvgIpc) is 3.28. The Bertz CT molecular complexity index is 1130. The van der Waals surface area contributed by atoms with E-state index in [4.69, 9.17) is 4.98 Å². The fourth-order valence-corrected chi connectivity index (χ4v) is 6.19. The van der Waals surface area contributed by atoms with E-state index in [9.17, 15) is 4.79 Å². The molecule has 1 amide bonds. The molecule has 2 aromatic heterocycles. The van der Waals surface area contributed by atoms with E-state index in [1.54, 1.807) is 29.6 Å². The topological polar surface area (TPSA) is 45.2 Å². The van der Waals surface area contributed by atoms with Gasteiger partial charge in [0, 0.05) is 30.5 Å². The maximum Gasteiger partial charge on any atom is 0.221 e. The molecule has 0 unspecified atom stereocenters. The molecule has 30 heavy (non-hydrogen) atoms. The number of aromatic nitrogens is 1. The summed E-state index contributed by atoms with van der Waals surface area (Å²) >= 11 is 3.36. The zero-order chi connectivity index (χ0) is 21.1. The molecular formula is C24H25N3OS2. The lowest BCUT2D eigenvalue weighted by Gasteiger charge is -2.17. The number of rotatable bonds is 7. The number of nitrogens with one attached hydrogen (secondary N) is 1. The second kappa shape index (κ2) is 9.08. The van der Waals surface area contributed by atoms with Gasteiger partial charge in [-0.2, -0.15) is 0 Å². The lowest BCUT2D eigenvalue weighted by molar-refractivity contribution is -0.114. The van der Waals surface area contributed by atoms with Crippen molar-refractivity contribution in [1.82, 2.24) is 9.88 Å². The highest BCUT2D eigenvalue weighted by Gasteiger charge is 2.22. The smallest absolute Gasteiger partial charge is 0.221 e. The number of anilines is 1. The van der Waals surface area contributed by atoms with Crippen LogP contribution in [0, 0.1) is 0 Å². The standard InChI is InChI=1S/C24H25N3OS2/c1-4-18-21(15-27(3)14-17-10-6-5-7-11-17)30-23(25-16(2)28)22(18)24-26-19-12-8-9-13-20(19)29-24/h5-13H,4,14-15H2,1-3H3,(H,25,28). The third kappa shape index (κ3) is 4.46. The monoisotopic (exact) mass is 435 g/mol. The van der Waals surface area contributed by atoms with Crippen molar-refractivity contribution in [3.63, 3.8) is 0 Å². The molecule has 0 spiro atoms. The molecular weight excluding hydrogens is 410 g/mol. The fourth-order valence-electron chi connectivity index (χ4n) is 3.66. The van der Waals surface area contributed by atoms with Crippen molar-refractivity contribution >= 4 is 43.8 Å². The zero-order valence-electron chi connectivity index (χ0n) is 17.4. The lowest BCUT2D eigenvalue weighted by Crippen LogP contribution is -2.17. The number of hydrogen-bond acceptors (Lipinski definition) is 5. The highest BCUT2D eigenvalue weighted by molar-refractivity contribution is 7.22. The van der Waals surface area contributed by atoms with Crippen molar-refractivity contribution in [3.8, 4) is 10.6 Å². The van der Waals surface area contributed by atoms with Crippen LogP contribution in [0.3, 0.4) is 0 Å². The van der Waals surface area contributed by atoms with Gasteiger partial charge in [-0.3, -0.25) is 9.69 Å². The van der Waals surface area contributed by atoms with E-state index in [0.717, 1.165) is 45.3 Å². The lowest BCUT2D eigenvalue weighted by atomic mass is 10.1. The van der Waals surface area contributed by atoms with Gasteiger partial charge < -0.3 is 5.32 Å². The van der Waals surface area contributed by atoms with Crippen LogP contribution in [0.1, 0.15) is 29.9 Å². The van der Waals surface area contributed by atoms with Crippen LogP contribution in [0.25, 0.3) is 20.8 Å². The first-order valence-corrected chi connectivity index (χ1v) is 11.7. The Morgan fingerprint density at radius 3 is 2.47 bits per heavy atom. The quantitative estimate of drug-likeness (QED) is 0.377. The molecule has 4 aromatic rings. The predicted molar refractivity (Wildman–Crippen MR) is 128 cm³/mol. The van der Waals surface area contributed by atoms with Gasteiger partial charge in [0.25, 0.3) is 0 Å². The molecule has 0 fully saturated rings. The molecule has 6 heteroatoms. The Morgan fingerprint density at radius 2 is 1.77 bits per heavy atom. The maximum absolute atomic E-state index is 11.9. The van der Waals surface area contributed by atoms with Crippen LogP contribution in [0.15, 0.2) is 54.6 Å². The highest BCUT2D eigenvalue weighted by Crippen LogP contribution is 2.44. The van der Waals surface area contributed by atoms with Crippen LogP contribution in [0.4, 0.5) is 5.00 Å². The molecule has 0 bridgehead atoms. The van der Waals surface area contributed by atoms with Crippen molar-refractivity contribution in [2.24, 2.45) is 0 Å². The minimum Gasteiger partial charge on any atom is -0.317 e. The first kappa shape index (κ1) is 20.7. The number of amides is 1. The van der Waals surface area contributed by atoms with E-state index in [2.05, 4.69) is 54.5 Å². The van der Waals surface area contributed by atoms with E-state index in [1.807, 2.05) is 24.3 Å². The van der Waals surface area contributed by atoms with Gasteiger partial charge in [-0.15, -0.1) is 22.7 Å². The third-order valence-corrected chi connectivity index (χ3v) is 7.14. The number of carbonyl (C=O) groups excluding carboxylic acids is 1. The molecule has 2 aromatic carbocycles. The molecule has 0 atom stereocenters. The summed E-state index contributed by atoms with van der Waals surface area (Å²) < 4.78 is 1.16.